The van der Waals surface area contributed by atoms with Crippen LogP contribution in [-0.2, 0) is 4.79 Å². The molecule has 0 unspecified atom stereocenters. The summed E-state index contributed by atoms with van der Waals surface area (Å²) >= 11 is 0. The van der Waals surface area contributed by atoms with E-state index in [1.807, 2.05) is 24.1 Å². The van der Waals surface area contributed by atoms with Gasteiger partial charge in [0.15, 0.2) is 0 Å². The Morgan fingerprint density at radius 2 is 2.29 bits per heavy atom. The Hall–Kier alpha value is -2.09. The maximum absolute atomic E-state index is 11.8. The first-order chi connectivity index (χ1) is 8.20. The molecule has 1 aliphatic rings. The van der Waals surface area contributed by atoms with E-state index in [1.54, 1.807) is 17.2 Å². The molecule has 0 atom stereocenters. The van der Waals surface area contributed by atoms with Crippen molar-refractivity contribution in [3.8, 4) is 6.07 Å². The minimum atomic E-state index is 0.109. The van der Waals surface area contributed by atoms with E-state index in [1.165, 1.54) is 0 Å². The molecule has 1 aromatic heterocycles. The molecule has 5 heteroatoms. The Balaban J connectivity index is 2.21. The van der Waals surface area contributed by atoms with Crippen LogP contribution in [0, 0.1) is 11.3 Å². The number of hydrogen-bond donors (Lipinski definition) is 0. The number of carbonyl (C=O) groups is 1. The number of rotatable bonds is 1. The van der Waals surface area contributed by atoms with Gasteiger partial charge < -0.3 is 9.80 Å². The molecule has 1 aliphatic heterocycles. The molecule has 0 saturated carbocycles. The average Bonchev–Trinajstić information content (AvgIpc) is 2.52. The van der Waals surface area contributed by atoms with Crippen molar-refractivity contribution in [1.29, 1.82) is 5.26 Å². The molecule has 1 saturated heterocycles. The fourth-order valence-electron chi connectivity index (χ4n) is 1.88. The van der Waals surface area contributed by atoms with Crippen LogP contribution in [0.2, 0.25) is 0 Å². The van der Waals surface area contributed by atoms with E-state index in [9.17, 15) is 4.79 Å². The molecule has 1 fully saturated rings. The third kappa shape index (κ3) is 2.53. The Morgan fingerprint density at radius 3 is 3.06 bits per heavy atom. The molecule has 0 radical (unpaired) electrons. The van der Waals surface area contributed by atoms with E-state index in [0.29, 0.717) is 12.2 Å². The van der Waals surface area contributed by atoms with Gasteiger partial charge in [-0.05, 0) is 18.6 Å². The summed E-state index contributed by atoms with van der Waals surface area (Å²) in [7, 11) is 1.82. The highest BCUT2D eigenvalue weighted by atomic mass is 16.2. The first-order valence-electron chi connectivity index (χ1n) is 5.56. The fraction of sp³-hybridized carbons (Fsp3) is 0.417. The van der Waals surface area contributed by atoms with Crippen molar-refractivity contribution >= 4 is 11.6 Å². The van der Waals surface area contributed by atoms with Crippen molar-refractivity contribution in [3.63, 3.8) is 0 Å². The summed E-state index contributed by atoms with van der Waals surface area (Å²) in [5, 5.41) is 8.80. The highest BCUT2D eigenvalue weighted by Crippen LogP contribution is 2.16. The van der Waals surface area contributed by atoms with E-state index in [4.69, 9.17) is 5.26 Å². The molecule has 0 aliphatic carbocycles. The lowest BCUT2D eigenvalue weighted by Gasteiger charge is -2.21. The van der Waals surface area contributed by atoms with Crippen LogP contribution in [0.15, 0.2) is 18.3 Å². The zero-order chi connectivity index (χ0) is 12.3. The first kappa shape index (κ1) is 11.4. The normalized spacial score (nSPS) is 16.6. The molecule has 0 N–H and O–H groups in total. The number of nitriles is 1. The predicted octanol–water partition coefficient (Wildman–Crippen LogP) is 0.622. The van der Waals surface area contributed by atoms with E-state index in [-0.39, 0.29) is 5.91 Å². The van der Waals surface area contributed by atoms with Crippen LogP contribution in [0.1, 0.15) is 12.1 Å². The van der Waals surface area contributed by atoms with Crippen molar-refractivity contribution in [2.45, 2.75) is 6.42 Å². The number of aromatic nitrogens is 1. The molecular weight excluding hydrogens is 216 g/mol. The number of carbonyl (C=O) groups excluding carboxylic acids is 1. The smallest absolute Gasteiger partial charge is 0.241 e. The van der Waals surface area contributed by atoms with Gasteiger partial charge >= 0.3 is 0 Å². The molecule has 5 nitrogen and oxygen atoms in total. The Kier molecular flexibility index (Phi) is 3.24. The van der Waals surface area contributed by atoms with Gasteiger partial charge in [0.25, 0.3) is 0 Å². The molecular formula is C12H14N4O. The maximum Gasteiger partial charge on any atom is 0.241 e. The minimum absolute atomic E-state index is 0.109. The van der Waals surface area contributed by atoms with Crippen molar-refractivity contribution in [1.82, 2.24) is 9.88 Å². The Labute approximate surface area is 100 Å². The summed E-state index contributed by atoms with van der Waals surface area (Å²) in [5.41, 5.74) is 1.27. The van der Waals surface area contributed by atoms with Crippen LogP contribution in [0.3, 0.4) is 0 Å². The standard InChI is InChI=1S/C12H14N4O/c1-15-5-2-6-16(9-12(15)17)11-3-4-14-10(7-11)8-13/h3-4,7H,2,5-6,9H2,1H3. The quantitative estimate of drug-likeness (QED) is 0.709. The van der Waals surface area contributed by atoms with E-state index in [2.05, 4.69) is 4.98 Å². The molecule has 2 rings (SSSR count). The highest BCUT2D eigenvalue weighted by Gasteiger charge is 2.19. The Bertz CT molecular complexity index is 466. The molecule has 1 amide bonds. The SMILES string of the molecule is CN1CCCN(c2ccnc(C#N)c2)CC1=O. The van der Waals surface area contributed by atoms with Crippen LogP contribution in [0.4, 0.5) is 5.69 Å². The second-order valence-corrected chi connectivity index (χ2v) is 4.10. The van der Waals surface area contributed by atoms with Crippen molar-refractivity contribution in [3.05, 3.63) is 24.0 Å². The average molecular weight is 230 g/mol. The Morgan fingerprint density at radius 1 is 1.47 bits per heavy atom. The van der Waals surface area contributed by atoms with Gasteiger partial charge in [0.05, 0.1) is 6.54 Å². The number of amides is 1. The van der Waals surface area contributed by atoms with E-state index < -0.39 is 0 Å². The highest BCUT2D eigenvalue weighted by molar-refractivity contribution is 5.81. The number of nitrogens with zero attached hydrogens (tertiary/aromatic N) is 4. The molecule has 17 heavy (non-hydrogen) atoms. The van der Waals surface area contributed by atoms with E-state index >= 15 is 0 Å². The summed E-state index contributed by atoms with van der Waals surface area (Å²) in [6.07, 6.45) is 2.54. The van der Waals surface area contributed by atoms with Crippen molar-refractivity contribution in [2.24, 2.45) is 0 Å². The third-order valence-corrected chi connectivity index (χ3v) is 2.90. The van der Waals surface area contributed by atoms with Crippen molar-refractivity contribution < 1.29 is 4.79 Å². The zero-order valence-corrected chi connectivity index (χ0v) is 9.76. The number of likely N-dealkylation sites (N-methyl/N-ethyl adjacent to an activating group) is 1. The van der Waals surface area contributed by atoms with Crippen molar-refractivity contribution in [2.75, 3.05) is 31.6 Å². The summed E-state index contributed by atoms with van der Waals surface area (Å²) < 4.78 is 0. The lowest BCUT2D eigenvalue weighted by Crippen LogP contribution is -2.34. The molecule has 0 aromatic carbocycles. The summed E-state index contributed by atoms with van der Waals surface area (Å²) in [6, 6.07) is 5.56. The molecule has 0 spiro atoms. The number of anilines is 1. The maximum atomic E-state index is 11.8. The van der Waals surface area contributed by atoms with Crippen LogP contribution < -0.4 is 4.90 Å². The second-order valence-electron chi connectivity index (χ2n) is 4.10. The topological polar surface area (TPSA) is 60.2 Å². The molecule has 2 heterocycles. The molecule has 0 bridgehead atoms. The van der Waals surface area contributed by atoms with Gasteiger partial charge in [0.2, 0.25) is 5.91 Å². The van der Waals surface area contributed by atoms with Crippen LogP contribution in [0.25, 0.3) is 0 Å². The fourth-order valence-corrected chi connectivity index (χ4v) is 1.88. The lowest BCUT2D eigenvalue weighted by atomic mass is 10.3. The summed E-state index contributed by atoms with van der Waals surface area (Å²) in [5.74, 6) is 0.109. The van der Waals surface area contributed by atoms with Crippen LogP contribution >= 0.6 is 0 Å². The van der Waals surface area contributed by atoms with E-state index in [0.717, 1.165) is 25.2 Å². The zero-order valence-electron chi connectivity index (χ0n) is 9.76. The largest absolute Gasteiger partial charge is 0.362 e. The lowest BCUT2D eigenvalue weighted by molar-refractivity contribution is -0.127. The van der Waals surface area contributed by atoms with Gasteiger partial charge in [-0.15, -0.1) is 0 Å². The minimum Gasteiger partial charge on any atom is -0.362 e. The van der Waals surface area contributed by atoms with Gasteiger partial charge in [0.1, 0.15) is 11.8 Å². The van der Waals surface area contributed by atoms with Crippen LogP contribution in [0.5, 0.6) is 0 Å². The summed E-state index contributed by atoms with van der Waals surface area (Å²) in [4.78, 5) is 19.4. The third-order valence-electron chi connectivity index (χ3n) is 2.90. The first-order valence-corrected chi connectivity index (χ1v) is 5.56. The van der Waals surface area contributed by atoms with Crippen LogP contribution in [-0.4, -0.2) is 42.5 Å². The van der Waals surface area contributed by atoms with Gasteiger partial charge in [-0.25, -0.2) is 4.98 Å². The monoisotopic (exact) mass is 230 g/mol. The van der Waals surface area contributed by atoms with Gasteiger partial charge in [-0.2, -0.15) is 5.26 Å². The predicted molar refractivity (Wildman–Crippen MR) is 63.4 cm³/mol. The summed E-state index contributed by atoms with van der Waals surface area (Å²) in [6.45, 7) is 1.97. The van der Waals surface area contributed by atoms with Gasteiger partial charge in [-0.1, -0.05) is 0 Å². The number of pyridine rings is 1. The van der Waals surface area contributed by atoms with Gasteiger partial charge in [-0.3, -0.25) is 4.79 Å². The second kappa shape index (κ2) is 4.83. The molecule has 1 aromatic rings. The molecule has 88 valence electrons. The van der Waals surface area contributed by atoms with Gasteiger partial charge in [0, 0.05) is 32.0 Å². The number of hydrogen-bond acceptors (Lipinski definition) is 4.